The minimum absolute atomic E-state index is 0.121. The van der Waals surface area contributed by atoms with Crippen LogP contribution in [0.15, 0.2) is 29.2 Å². The molecule has 1 aromatic carbocycles. The Balaban J connectivity index is 0.00000101. The molecule has 30 heavy (non-hydrogen) atoms. The first-order chi connectivity index (χ1) is 14.2. The molecule has 1 saturated heterocycles. The van der Waals surface area contributed by atoms with Crippen molar-refractivity contribution in [2.24, 2.45) is 5.92 Å². The lowest BCUT2D eigenvalue weighted by Crippen LogP contribution is -2.49. The van der Waals surface area contributed by atoms with Gasteiger partial charge >= 0.3 is 0 Å². The summed E-state index contributed by atoms with van der Waals surface area (Å²) in [5.41, 5.74) is 0.322. The average Bonchev–Trinajstić information content (AvgIpc) is 3.24. The number of rotatable bonds is 4. The number of carbonyl (C=O) groups is 3. The summed E-state index contributed by atoms with van der Waals surface area (Å²) in [6.07, 6.45) is 4.01. The molecule has 2 aliphatic rings. The van der Waals surface area contributed by atoms with Gasteiger partial charge in [-0.3, -0.25) is 14.4 Å². The number of nitrogens with one attached hydrogen (secondary N) is 1. The Morgan fingerprint density at radius 2 is 1.70 bits per heavy atom. The number of nitrogens with zero attached hydrogens (tertiary/aromatic N) is 1. The molecule has 0 spiro atoms. The third kappa shape index (κ3) is 6.27. The Labute approximate surface area is 176 Å². The molecule has 0 bridgehead atoms. The summed E-state index contributed by atoms with van der Waals surface area (Å²) in [6.45, 7) is 1.34. The molecule has 1 heterocycles. The first kappa shape index (κ1) is 23.8. The first-order valence-electron chi connectivity index (χ1n) is 9.83. The normalized spacial score (nSPS) is 23.8. The Morgan fingerprint density at radius 3 is 2.23 bits per heavy atom. The van der Waals surface area contributed by atoms with E-state index in [9.17, 15) is 23.1 Å². The minimum atomic E-state index is -3.32. The van der Waals surface area contributed by atoms with Crippen molar-refractivity contribution < 1.29 is 33.0 Å². The summed E-state index contributed by atoms with van der Waals surface area (Å²) in [6, 6.07) is 5.20. The van der Waals surface area contributed by atoms with E-state index in [1.165, 1.54) is 24.3 Å². The summed E-state index contributed by atoms with van der Waals surface area (Å²) in [5, 5.41) is 20.0. The van der Waals surface area contributed by atoms with Crippen LogP contribution in [0.25, 0.3) is 0 Å². The highest BCUT2D eigenvalue weighted by atomic mass is 32.2. The number of carbonyl (C=O) groups excluding carboxylic acids is 2. The molecule has 1 aromatic rings. The van der Waals surface area contributed by atoms with Crippen LogP contribution in [0.4, 0.5) is 0 Å². The third-order valence-electron chi connectivity index (χ3n) is 5.44. The molecule has 1 aliphatic carbocycles. The van der Waals surface area contributed by atoms with E-state index in [0.717, 1.165) is 32.2 Å². The molecule has 1 aliphatic heterocycles. The standard InChI is InChI=1S/C19H26N2O5S.CH2O2/c1-27(25,26)15-7-4-13(5-8-15)18(23)20-16-12-14(6-9-17(16)22)19(24)21-10-2-3-11-21;2-1-3/h4-5,7-8,14,16-17,22H,2-3,6,9-12H2,1H3,(H,20,23);1H,(H,2,3)/t14-,16+,17+;/m0./s1. The molecular formula is C20H28N2O7S. The maximum atomic E-state index is 12.6. The lowest BCUT2D eigenvalue weighted by atomic mass is 9.82. The molecule has 1 saturated carbocycles. The zero-order valence-electron chi connectivity index (χ0n) is 16.9. The van der Waals surface area contributed by atoms with Crippen molar-refractivity contribution in [2.75, 3.05) is 19.3 Å². The maximum Gasteiger partial charge on any atom is 0.290 e. The van der Waals surface area contributed by atoms with Gasteiger partial charge in [-0.25, -0.2) is 8.42 Å². The highest BCUT2D eigenvalue weighted by molar-refractivity contribution is 7.90. The number of likely N-dealkylation sites (tertiary alicyclic amines) is 1. The molecule has 3 atom stereocenters. The quantitative estimate of drug-likeness (QED) is 0.584. The van der Waals surface area contributed by atoms with Crippen molar-refractivity contribution in [3.8, 4) is 0 Å². The molecule has 10 heteroatoms. The maximum absolute atomic E-state index is 12.6. The summed E-state index contributed by atoms with van der Waals surface area (Å²) in [4.78, 5) is 35.5. The third-order valence-corrected chi connectivity index (χ3v) is 6.57. The van der Waals surface area contributed by atoms with Crippen LogP contribution in [0.5, 0.6) is 0 Å². The van der Waals surface area contributed by atoms with Gasteiger partial charge in [0.15, 0.2) is 9.84 Å². The number of hydrogen-bond donors (Lipinski definition) is 3. The van der Waals surface area contributed by atoms with Crippen LogP contribution in [0.1, 0.15) is 42.5 Å². The lowest BCUT2D eigenvalue weighted by Gasteiger charge is -2.34. The number of benzene rings is 1. The SMILES string of the molecule is CS(=O)(=O)c1ccc(C(=O)N[C@@H]2C[C@@H](C(=O)N3CCCC3)CC[C@H]2O)cc1.O=CO. The van der Waals surface area contributed by atoms with E-state index in [1.807, 2.05) is 4.90 Å². The number of aliphatic hydroxyl groups excluding tert-OH is 1. The number of aliphatic hydroxyl groups is 1. The van der Waals surface area contributed by atoms with Gasteiger partial charge in [0, 0.05) is 30.8 Å². The lowest BCUT2D eigenvalue weighted by molar-refractivity contribution is -0.136. The van der Waals surface area contributed by atoms with Crippen LogP contribution in [-0.4, -0.2) is 73.3 Å². The predicted octanol–water partition coefficient (Wildman–Crippen LogP) is 0.673. The summed E-state index contributed by atoms with van der Waals surface area (Å²) in [5.74, 6) is -0.436. The van der Waals surface area contributed by atoms with Crippen molar-refractivity contribution in [3.05, 3.63) is 29.8 Å². The second-order valence-electron chi connectivity index (χ2n) is 7.59. The number of carboxylic acid groups (broad SMARTS) is 1. The van der Waals surface area contributed by atoms with E-state index in [1.54, 1.807) is 0 Å². The number of sulfone groups is 1. The fourth-order valence-corrected chi connectivity index (χ4v) is 4.47. The molecule has 2 fully saturated rings. The van der Waals surface area contributed by atoms with Crippen molar-refractivity contribution >= 4 is 28.1 Å². The largest absolute Gasteiger partial charge is 0.483 e. The van der Waals surface area contributed by atoms with E-state index in [-0.39, 0.29) is 29.1 Å². The number of amides is 2. The molecular weight excluding hydrogens is 412 g/mol. The first-order valence-corrected chi connectivity index (χ1v) is 11.7. The Kier molecular flexibility index (Phi) is 8.36. The molecule has 0 aromatic heterocycles. The molecule has 0 radical (unpaired) electrons. The highest BCUT2D eigenvalue weighted by Crippen LogP contribution is 2.28. The fourth-order valence-electron chi connectivity index (χ4n) is 3.83. The van der Waals surface area contributed by atoms with Crippen LogP contribution in [-0.2, 0) is 19.4 Å². The summed E-state index contributed by atoms with van der Waals surface area (Å²) >= 11 is 0. The summed E-state index contributed by atoms with van der Waals surface area (Å²) in [7, 11) is -3.32. The van der Waals surface area contributed by atoms with Crippen LogP contribution in [0.2, 0.25) is 0 Å². The van der Waals surface area contributed by atoms with Crippen molar-refractivity contribution in [2.45, 2.75) is 49.1 Å². The van der Waals surface area contributed by atoms with Gasteiger partial charge in [0.1, 0.15) is 0 Å². The van der Waals surface area contributed by atoms with E-state index in [4.69, 9.17) is 9.90 Å². The predicted molar refractivity (Wildman–Crippen MR) is 109 cm³/mol. The molecule has 9 nitrogen and oxygen atoms in total. The van der Waals surface area contributed by atoms with Gasteiger partial charge in [0.25, 0.3) is 12.4 Å². The van der Waals surface area contributed by atoms with E-state index in [0.29, 0.717) is 24.8 Å². The topological polar surface area (TPSA) is 141 Å². The van der Waals surface area contributed by atoms with E-state index >= 15 is 0 Å². The van der Waals surface area contributed by atoms with Gasteiger partial charge in [-0.2, -0.15) is 0 Å². The van der Waals surface area contributed by atoms with Crippen molar-refractivity contribution in [1.82, 2.24) is 10.2 Å². The highest BCUT2D eigenvalue weighted by Gasteiger charge is 2.36. The van der Waals surface area contributed by atoms with E-state index in [2.05, 4.69) is 5.32 Å². The summed E-state index contributed by atoms with van der Waals surface area (Å²) < 4.78 is 23.0. The zero-order valence-corrected chi connectivity index (χ0v) is 17.7. The van der Waals surface area contributed by atoms with Crippen LogP contribution < -0.4 is 5.32 Å². The van der Waals surface area contributed by atoms with Gasteiger partial charge in [0.2, 0.25) is 5.91 Å². The zero-order chi connectivity index (χ0) is 22.3. The minimum Gasteiger partial charge on any atom is -0.483 e. The van der Waals surface area contributed by atoms with Gasteiger partial charge < -0.3 is 20.4 Å². The monoisotopic (exact) mass is 440 g/mol. The molecule has 0 unspecified atom stereocenters. The second kappa shape index (κ2) is 10.5. The second-order valence-corrected chi connectivity index (χ2v) is 9.61. The van der Waals surface area contributed by atoms with E-state index < -0.39 is 22.0 Å². The van der Waals surface area contributed by atoms with Gasteiger partial charge in [-0.05, 0) is 56.4 Å². The van der Waals surface area contributed by atoms with Crippen LogP contribution in [0, 0.1) is 5.92 Å². The van der Waals surface area contributed by atoms with Crippen molar-refractivity contribution in [1.29, 1.82) is 0 Å². The van der Waals surface area contributed by atoms with Gasteiger partial charge in [0.05, 0.1) is 17.0 Å². The molecule has 2 amide bonds. The Bertz CT molecular complexity index is 848. The number of hydrogen-bond acceptors (Lipinski definition) is 6. The Morgan fingerprint density at radius 1 is 1.13 bits per heavy atom. The molecule has 3 rings (SSSR count). The molecule has 3 N–H and O–H groups in total. The van der Waals surface area contributed by atoms with Crippen LogP contribution in [0.3, 0.4) is 0 Å². The van der Waals surface area contributed by atoms with Gasteiger partial charge in [-0.15, -0.1) is 0 Å². The fraction of sp³-hybridized carbons (Fsp3) is 0.550. The average molecular weight is 441 g/mol. The van der Waals surface area contributed by atoms with Crippen LogP contribution >= 0.6 is 0 Å². The Hall–Kier alpha value is -2.46. The van der Waals surface area contributed by atoms with Crippen molar-refractivity contribution in [3.63, 3.8) is 0 Å². The molecule has 166 valence electrons. The smallest absolute Gasteiger partial charge is 0.290 e. The van der Waals surface area contributed by atoms with Gasteiger partial charge in [-0.1, -0.05) is 0 Å².